The van der Waals surface area contributed by atoms with Crippen molar-refractivity contribution < 1.29 is 13.2 Å². The highest BCUT2D eigenvalue weighted by molar-refractivity contribution is 7.86. The van der Waals surface area contributed by atoms with Gasteiger partial charge in [0.2, 0.25) is 0 Å². The molecule has 0 N–H and O–H groups in total. The first-order valence-corrected chi connectivity index (χ1v) is 8.04. The quantitative estimate of drug-likeness (QED) is 0.749. The minimum atomic E-state index is -3.39. The van der Waals surface area contributed by atoms with Gasteiger partial charge in [-0.2, -0.15) is 17.0 Å². The lowest BCUT2D eigenvalue weighted by Gasteiger charge is -2.21. The SMILES string of the molecule is CN(C)c1nccnc1OC1CCN(S(=O)(=O)N(C)C)C1. The van der Waals surface area contributed by atoms with Crippen LogP contribution in [-0.2, 0) is 10.2 Å². The monoisotopic (exact) mass is 315 g/mol. The number of aromatic nitrogens is 2. The largest absolute Gasteiger partial charge is 0.470 e. The van der Waals surface area contributed by atoms with Gasteiger partial charge in [0, 0.05) is 47.1 Å². The maximum absolute atomic E-state index is 12.1. The molecule has 0 saturated carbocycles. The average molecular weight is 315 g/mol. The third-order valence-corrected chi connectivity index (χ3v) is 5.15. The summed E-state index contributed by atoms with van der Waals surface area (Å²) in [5, 5.41) is 0. The number of anilines is 1. The number of ether oxygens (including phenoxy) is 1. The van der Waals surface area contributed by atoms with Gasteiger partial charge in [-0.3, -0.25) is 0 Å². The van der Waals surface area contributed by atoms with E-state index in [-0.39, 0.29) is 6.10 Å². The van der Waals surface area contributed by atoms with Crippen LogP contribution < -0.4 is 9.64 Å². The molecule has 1 atom stereocenters. The summed E-state index contributed by atoms with van der Waals surface area (Å²) in [5.74, 6) is 1.06. The van der Waals surface area contributed by atoms with Crippen molar-refractivity contribution in [1.82, 2.24) is 18.6 Å². The molecule has 1 aromatic heterocycles. The molecule has 0 bridgehead atoms. The van der Waals surface area contributed by atoms with Gasteiger partial charge in [-0.05, 0) is 6.42 Å². The van der Waals surface area contributed by atoms with Crippen LogP contribution in [0, 0.1) is 0 Å². The van der Waals surface area contributed by atoms with Gasteiger partial charge in [0.15, 0.2) is 5.82 Å². The maximum Gasteiger partial charge on any atom is 0.281 e. The molecule has 0 aromatic carbocycles. The Bertz CT molecular complexity index is 590. The first-order chi connectivity index (χ1) is 9.82. The van der Waals surface area contributed by atoms with Gasteiger partial charge in [-0.15, -0.1) is 0 Å². The Morgan fingerprint density at radius 2 is 1.90 bits per heavy atom. The topological polar surface area (TPSA) is 78.9 Å². The molecule has 1 saturated heterocycles. The van der Waals surface area contributed by atoms with Crippen molar-refractivity contribution in [2.75, 3.05) is 46.2 Å². The lowest BCUT2D eigenvalue weighted by atomic mass is 10.3. The highest BCUT2D eigenvalue weighted by Gasteiger charge is 2.34. The number of nitrogens with zero attached hydrogens (tertiary/aromatic N) is 5. The van der Waals surface area contributed by atoms with Crippen LogP contribution in [0.4, 0.5) is 5.82 Å². The first kappa shape index (κ1) is 15.9. The summed E-state index contributed by atoms with van der Waals surface area (Å²) in [4.78, 5) is 10.2. The summed E-state index contributed by atoms with van der Waals surface area (Å²) in [6, 6.07) is 0. The van der Waals surface area contributed by atoms with Crippen LogP contribution in [-0.4, -0.2) is 74.4 Å². The number of rotatable bonds is 5. The van der Waals surface area contributed by atoms with Gasteiger partial charge in [0.25, 0.3) is 16.1 Å². The summed E-state index contributed by atoms with van der Waals surface area (Å²) in [6.07, 6.45) is 3.58. The highest BCUT2D eigenvalue weighted by atomic mass is 32.2. The van der Waals surface area contributed by atoms with Crippen LogP contribution in [0.15, 0.2) is 12.4 Å². The van der Waals surface area contributed by atoms with Crippen molar-refractivity contribution in [3.05, 3.63) is 12.4 Å². The van der Waals surface area contributed by atoms with E-state index in [1.54, 1.807) is 12.4 Å². The number of hydrogen-bond donors (Lipinski definition) is 0. The lowest BCUT2D eigenvalue weighted by Crippen LogP contribution is -2.39. The van der Waals surface area contributed by atoms with Gasteiger partial charge in [0.05, 0.1) is 6.54 Å². The third-order valence-electron chi connectivity index (χ3n) is 3.24. The molecule has 2 rings (SSSR count). The van der Waals surface area contributed by atoms with E-state index < -0.39 is 10.2 Å². The molecule has 0 spiro atoms. The Hall–Kier alpha value is -1.45. The summed E-state index contributed by atoms with van der Waals surface area (Å²) < 4.78 is 32.6. The normalized spacial score (nSPS) is 20.0. The van der Waals surface area contributed by atoms with E-state index in [9.17, 15) is 8.42 Å². The fourth-order valence-corrected chi connectivity index (χ4v) is 3.25. The minimum absolute atomic E-state index is 0.213. The molecule has 1 aliphatic rings. The van der Waals surface area contributed by atoms with Crippen molar-refractivity contribution in [1.29, 1.82) is 0 Å². The minimum Gasteiger partial charge on any atom is -0.470 e. The molecular weight excluding hydrogens is 294 g/mol. The van der Waals surface area contributed by atoms with Crippen molar-refractivity contribution in [2.24, 2.45) is 0 Å². The second-order valence-electron chi connectivity index (χ2n) is 5.26. The molecule has 21 heavy (non-hydrogen) atoms. The van der Waals surface area contributed by atoms with E-state index in [4.69, 9.17) is 4.74 Å². The van der Waals surface area contributed by atoms with E-state index in [2.05, 4.69) is 9.97 Å². The molecule has 1 fully saturated rings. The lowest BCUT2D eigenvalue weighted by molar-refractivity contribution is 0.206. The fourth-order valence-electron chi connectivity index (χ4n) is 2.10. The predicted molar refractivity (Wildman–Crippen MR) is 79.6 cm³/mol. The Labute approximate surface area is 125 Å². The molecule has 1 aliphatic heterocycles. The summed E-state index contributed by atoms with van der Waals surface area (Å²) in [7, 11) is 3.37. The van der Waals surface area contributed by atoms with Crippen molar-refractivity contribution in [3.63, 3.8) is 0 Å². The molecular formula is C12H21N5O3S. The fraction of sp³-hybridized carbons (Fsp3) is 0.667. The van der Waals surface area contributed by atoms with Crippen molar-refractivity contribution in [2.45, 2.75) is 12.5 Å². The first-order valence-electron chi connectivity index (χ1n) is 6.65. The van der Waals surface area contributed by atoms with E-state index in [0.717, 1.165) is 0 Å². The second kappa shape index (κ2) is 6.12. The Balaban J connectivity index is 2.07. The standard InChI is InChI=1S/C12H21N5O3S/c1-15(2)11-12(14-7-6-13-11)20-10-5-8-17(9-10)21(18,19)16(3)4/h6-7,10H,5,8-9H2,1-4H3. The van der Waals surface area contributed by atoms with Crippen LogP contribution in [0.3, 0.4) is 0 Å². The molecule has 9 heteroatoms. The zero-order valence-electron chi connectivity index (χ0n) is 12.7. The Kier molecular flexibility index (Phi) is 4.64. The van der Waals surface area contributed by atoms with E-state index in [1.165, 1.54) is 22.7 Å². The second-order valence-corrected chi connectivity index (χ2v) is 7.40. The molecule has 8 nitrogen and oxygen atoms in total. The highest BCUT2D eigenvalue weighted by Crippen LogP contribution is 2.25. The Morgan fingerprint density at radius 3 is 2.52 bits per heavy atom. The third kappa shape index (κ3) is 3.42. The predicted octanol–water partition coefficient (Wildman–Crippen LogP) is -0.198. The maximum atomic E-state index is 12.1. The summed E-state index contributed by atoms with van der Waals surface area (Å²) >= 11 is 0. The smallest absolute Gasteiger partial charge is 0.281 e. The number of hydrogen-bond acceptors (Lipinski definition) is 6. The van der Waals surface area contributed by atoms with E-state index >= 15 is 0 Å². The van der Waals surface area contributed by atoms with Gasteiger partial charge in [-0.25, -0.2) is 9.97 Å². The van der Waals surface area contributed by atoms with Crippen molar-refractivity contribution >= 4 is 16.0 Å². The van der Waals surface area contributed by atoms with Crippen LogP contribution >= 0.6 is 0 Å². The van der Waals surface area contributed by atoms with Gasteiger partial charge in [-0.1, -0.05) is 0 Å². The zero-order chi connectivity index (χ0) is 15.6. The summed E-state index contributed by atoms with van der Waals surface area (Å²) in [6.45, 7) is 0.771. The Morgan fingerprint density at radius 1 is 1.24 bits per heavy atom. The molecule has 0 radical (unpaired) electrons. The van der Waals surface area contributed by atoms with Gasteiger partial charge < -0.3 is 9.64 Å². The summed E-state index contributed by atoms with van der Waals surface area (Å²) in [5.41, 5.74) is 0. The van der Waals surface area contributed by atoms with Gasteiger partial charge in [0.1, 0.15) is 6.10 Å². The molecule has 1 aromatic rings. The molecule has 0 amide bonds. The molecule has 0 aliphatic carbocycles. The van der Waals surface area contributed by atoms with Gasteiger partial charge >= 0.3 is 0 Å². The van der Waals surface area contributed by atoms with Crippen LogP contribution in [0.2, 0.25) is 0 Å². The zero-order valence-corrected chi connectivity index (χ0v) is 13.5. The van der Waals surface area contributed by atoms with Crippen LogP contribution in [0.1, 0.15) is 6.42 Å². The molecule has 1 unspecified atom stereocenters. The molecule has 118 valence electrons. The van der Waals surface area contributed by atoms with Crippen LogP contribution in [0.5, 0.6) is 5.88 Å². The van der Waals surface area contributed by atoms with Crippen molar-refractivity contribution in [3.8, 4) is 5.88 Å². The molecule has 2 heterocycles. The van der Waals surface area contributed by atoms with E-state index in [1.807, 2.05) is 19.0 Å². The van der Waals surface area contributed by atoms with Crippen LogP contribution in [0.25, 0.3) is 0 Å². The average Bonchev–Trinajstić information content (AvgIpc) is 2.88. The van der Waals surface area contributed by atoms with E-state index in [0.29, 0.717) is 31.2 Å².